The molecular weight excluding hydrogens is 351 g/mol. The Kier molecular flexibility index (Phi) is 6.12. The topological polar surface area (TPSA) is 101 Å². The van der Waals surface area contributed by atoms with Gasteiger partial charge in [-0.05, 0) is 50.6 Å². The first-order valence-corrected chi connectivity index (χ1v) is 8.99. The number of aromatic nitrogens is 3. The molecule has 0 unspecified atom stereocenters. The highest BCUT2D eigenvalue weighted by Crippen LogP contribution is 2.16. The molecule has 3 N–H and O–H groups in total. The first-order valence-electron chi connectivity index (χ1n) is 8.99. The second kappa shape index (κ2) is 8.72. The van der Waals surface area contributed by atoms with Crippen LogP contribution in [0.5, 0.6) is 0 Å². The molecule has 27 heavy (non-hydrogen) atoms. The van der Waals surface area contributed by atoms with Crippen molar-refractivity contribution >= 4 is 11.8 Å². The standard InChI is InChI=1S/C18H23FN6O2/c1-12-2-3-13(10-15(12)19)17(26)21-8-9-22-18(27)16-11-25(24-23-16)14-4-6-20-7-5-14/h2-3,10-11,14,20H,4-9H2,1H3,(H,21,26)(H,22,27). The summed E-state index contributed by atoms with van der Waals surface area (Å²) in [5, 5.41) is 16.6. The average molecular weight is 374 g/mol. The molecule has 8 nitrogen and oxygen atoms in total. The molecule has 0 bridgehead atoms. The third kappa shape index (κ3) is 4.88. The fourth-order valence-electron chi connectivity index (χ4n) is 2.91. The summed E-state index contributed by atoms with van der Waals surface area (Å²) in [6, 6.07) is 4.57. The molecule has 1 aliphatic rings. The molecule has 2 heterocycles. The number of hydrogen-bond donors (Lipinski definition) is 3. The number of rotatable bonds is 6. The van der Waals surface area contributed by atoms with Crippen molar-refractivity contribution in [1.29, 1.82) is 0 Å². The summed E-state index contributed by atoms with van der Waals surface area (Å²) in [4.78, 5) is 24.1. The number of amides is 2. The highest BCUT2D eigenvalue weighted by molar-refractivity contribution is 5.94. The minimum atomic E-state index is -0.423. The van der Waals surface area contributed by atoms with Crippen molar-refractivity contribution in [3.05, 3.63) is 47.0 Å². The van der Waals surface area contributed by atoms with E-state index in [0.29, 0.717) is 5.56 Å². The van der Waals surface area contributed by atoms with E-state index < -0.39 is 5.82 Å². The number of halogens is 1. The molecule has 2 aromatic rings. The van der Waals surface area contributed by atoms with Crippen LogP contribution in [0.4, 0.5) is 4.39 Å². The molecule has 1 saturated heterocycles. The summed E-state index contributed by atoms with van der Waals surface area (Å²) in [6.07, 6.45) is 3.56. The molecule has 0 radical (unpaired) electrons. The second-order valence-corrected chi connectivity index (χ2v) is 6.54. The quantitative estimate of drug-likeness (QED) is 0.650. The van der Waals surface area contributed by atoms with Crippen LogP contribution in [-0.2, 0) is 0 Å². The number of carbonyl (C=O) groups is 2. The smallest absolute Gasteiger partial charge is 0.273 e. The first-order chi connectivity index (χ1) is 13.0. The fraction of sp³-hybridized carbons (Fsp3) is 0.444. The van der Waals surface area contributed by atoms with Crippen molar-refractivity contribution in [2.75, 3.05) is 26.2 Å². The molecule has 1 aromatic heterocycles. The zero-order valence-electron chi connectivity index (χ0n) is 15.2. The van der Waals surface area contributed by atoms with Crippen molar-refractivity contribution in [2.45, 2.75) is 25.8 Å². The lowest BCUT2D eigenvalue weighted by atomic mass is 10.1. The summed E-state index contributed by atoms with van der Waals surface area (Å²) in [7, 11) is 0. The van der Waals surface area contributed by atoms with Gasteiger partial charge >= 0.3 is 0 Å². The summed E-state index contributed by atoms with van der Waals surface area (Å²) in [5.41, 5.74) is 0.978. The Labute approximate surface area is 156 Å². The molecule has 0 atom stereocenters. The molecule has 1 fully saturated rings. The predicted molar refractivity (Wildman–Crippen MR) is 97.0 cm³/mol. The van der Waals surface area contributed by atoms with Crippen LogP contribution in [0.25, 0.3) is 0 Å². The van der Waals surface area contributed by atoms with Crippen LogP contribution in [0.15, 0.2) is 24.4 Å². The number of nitrogens with zero attached hydrogens (tertiary/aromatic N) is 3. The number of benzene rings is 1. The zero-order chi connectivity index (χ0) is 19.2. The van der Waals surface area contributed by atoms with Crippen LogP contribution >= 0.6 is 0 Å². The van der Waals surface area contributed by atoms with Gasteiger partial charge in [0.15, 0.2) is 5.69 Å². The Balaban J connectivity index is 1.43. The number of hydrogen-bond acceptors (Lipinski definition) is 5. The van der Waals surface area contributed by atoms with E-state index >= 15 is 0 Å². The summed E-state index contributed by atoms with van der Waals surface area (Å²) >= 11 is 0. The van der Waals surface area contributed by atoms with Crippen LogP contribution in [0.1, 0.15) is 45.3 Å². The number of piperidine rings is 1. The van der Waals surface area contributed by atoms with Crippen molar-refractivity contribution in [1.82, 2.24) is 30.9 Å². The van der Waals surface area contributed by atoms with Crippen molar-refractivity contribution in [3.63, 3.8) is 0 Å². The van der Waals surface area contributed by atoms with Gasteiger partial charge in [-0.15, -0.1) is 5.10 Å². The summed E-state index contributed by atoms with van der Waals surface area (Å²) in [5.74, 6) is -1.15. The molecule has 3 rings (SSSR count). The lowest BCUT2D eigenvalue weighted by molar-refractivity contribution is 0.0925. The van der Waals surface area contributed by atoms with E-state index in [-0.39, 0.29) is 42.2 Å². The van der Waals surface area contributed by atoms with Gasteiger partial charge in [-0.1, -0.05) is 11.3 Å². The van der Waals surface area contributed by atoms with Crippen LogP contribution in [0, 0.1) is 12.7 Å². The third-order valence-corrected chi connectivity index (χ3v) is 4.56. The monoisotopic (exact) mass is 374 g/mol. The van der Waals surface area contributed by atoms with Gasteiger partial charge in [0.25, 0.3) is 11.8 Å². The Bertz CT molecular complexity index is 816. The maximum Gasteiger partial charge on any atom is 0.273 e. The van der Waals surface area contributed by atoms with Crippen LogP contribution < -0.4 is 16.0 Å². The van der Waals surface area contributed by atoms with Gasteiger partial charge in [0.05, 0.1) is 12.2 Å². The maximum atomic E-state index is 13.5. The third-order valence-electron chi connectivity index (χ3n) is 4.56. The van der Waals surface area contributed by atoms with Crippen molar-refractivity contribution in [3.8, 4) is 0 Å². The Morgan fingerprint density at radius 1 is 1.22 bits per heavy atom. The van der Waals surface area contributed by atoms with E-state index in [4.69, 9.17) is 0 Å². The zero-order valence-corrected chi connectivity index (χ0v) is 15.2. The van der Waals surface area contributed by atoms with Gasteiger partial charge in [0, 0.05) is 18.7 Å². The Hall–Kier alpha value is -2.81. The molecular formula is C18H23FN6O2. The molecule has 0 spiro atoms. The van der Waals surface area contributed by atoms with Crippen LogP contribution in [-0.4, -0.2) is 53.0 Å². The minimum absolute atomic E-state index is 0.225. The number of carbonyl (C=O) groups excluding carboxylic acids is 2. The van der Waals surface area contributed by atoms with Crippen LogP contribution in [0.2, 0.25) is 0 Å². The van der Waals surface area contributed by atoms with Crippen molar-refractivity contribution in [2.24, 2.45) is 0 Å². The SMILES string of the molecule is Cc1ccc(C(=O)NCCNC(=O)c2cn(C3CCNCC3)nn2)cc1F. The number of nitrogens with one attached hydrogen (secondary N) is 3. The second-order valence-electron chi connectivity index (χ2n) is 6.54. The average Bonchev–Trinajstić information content (AvgIpc) is 3.18. The molecule has 1 aliphatic heterocycles. The highest BCUT2D eigenvalue weighted by Gasteiger charge is 2.18. The largest absolute Gasteiger partial charge is 0.350 e. The molecule has 0 aliphatic carbocycles. The lowest BCUT2D eigenvalue weighted by Gasteiger charge is -2.22. The highest BCUT2D eigenvalue weighted by atomic mass is 19.1. The lowest BCUT2D eigenvalue weighted by Crippen LogP contribution is -2.34. The van der Waals surface area contributed by atoms with Crippen LogP contribution in [0.3, 0.4) is 0 Å². The minimum Gasteiger partial charge on any atom is -0.350 e. The summed E-state index contributed by atoms with van der Waals surface area (Å²) < 4.78 is 15.2. The molecule has 144 valence electrons. The molecule has 1 aromatic carbocycles. The van der Waals surface area contributed by atoms with Crippen molar-refractivity contribution < 1.29 is 14.0 Å². The van der Waals surface area contributed by atoms with Gasteiger partial charge in [0.2, 0.25) is 0 Å². The van der Waals surface area contributed by atoms with E-state index in [9.17, 15) is 14.0 Å². The molecule has 0 saturated carbocycles. The Morgan fingerprint density at radius 3 is 2.63 bits per heavy atom. The van der Waals surface area contributed by atoms with Gasteiger partial charge in [-0.2, -0.15) is 0 Å². The van der Waals surface area contributed by atoms with E-state index in [2.05, 4.69) is 26.3 Å². The fourth-order valence-corrected chi connectivity index (χ4v) is 2.91. The van der Waals surface area contributed by atoms with Gasteiger partial charge in [-0.3, -0.25) is 9.59 Å². The van der Waals surface area contributed by atoms with E-state index in [1.54, 1.807) is 29.9 Å². The Morgan fingerprint density at radius 2 is 1.93 bits per heavy atom. The van der Waals surface area contributed by atoms with Gasteiger partial charge < -0.3 is 16.0 Å². The summed E-state index contributed by atoms with van der Waals surface area (Å²) in [6.45, 7) is 3.95. The van der Waals surface area contributed by atoms with Gasteiger partial charge in [0.1, 0.15) is 5.82 Å². The maximum absolute atomic E-state index is 13.5. The normalized spacial score (nSPS) is 14.7. The van der Waals surface area contributed by atoms with E-state index in [0.717, 1.165) is 25.9 Å². The number of aryl methyl sites for hydroxylation is 1. The predicted octanol–water partition coefficient (Wildman–Crippen LogP) is 0.810. The van der Waals surface area contributed by atoms with Gasteiger partial charge in [-0.25, -0.2) is 9.07 Å². The van der Waals surface area contributed by atoms with E-state index in [1.807, 2.05) is 0 Å². The first kappa shape index (κ1) is 19.0. The molecule has 9 heteroatoms. The molecule has 2 amide bonds. The van der Waals surface area contributed by atoms with E-state index in [1.165, 1.54) is 6.07 Å².